The van der Waals surface area contributed by atoms with Gasteiger partial charge in [0.1, 0.15) is 18.8 Å². The van der Waals surface area contributed by atoms with Gasteiger partial charge >= 0.3 is 6.09 Å². The minimum atomic E-state index is -0.323. The smallest absolute Gasteiger partial charge is 0.414 e. The zero-order chi connectivity index (χ0) is 12.5. The molecular weight excluding hydrogens is 230 g/mol. The fourth-order valence-electron chi connectivity index (χ4n) is 2.17. The highest BCUT2D eigenvalue weighted by Crippen LogP contribution is 2.33. The molecule has 1 amide bonds. The molecule has 1 aromatic carbocycles. The maximum Gasteiger partial charge on any atom is 0.414 e. The summed E-state index contributed by atoms with van der Waals surface area (Å²) >= 11 is 0. The number of hydrogen-bond acceptors (Lipinski definition) is 3. The van der Waals surface area contributed by atoms with E-state index >= 15 is 0 Å². The van der Waals surface area contributed by atoms with Crippen LogP contribution in [0.1, 0.15) is 12.5 Å². The molecular formula is C14H15NO3. The van der Waals surface area contributed by atoms with Crippen molar-refractivity contribution in [2.75, 3.05) is 0 Å². The minimum absolute atomic E-state index is 0.0447. The zero-order valence-electron chi connectivity index (χ0n) is 10.2. The van der Waals surface area contributed by atoms with Gasteiger partial charge in [0.15, 0.2) is 0 Å². The van der Waals surface area contributed by atoms with E-state index in [2.05, 4.69) is 0 Å². The minimum Gasteiger partial charge on any atom is -0.444 e. The molecule has 4 nitrogen and oxygen atoms in total. The number of carbonyl (C=O) groups excluding carboxylic acids is 1. The number of fused-ring (bicyclic) bond motifs is 1. The van der Waals surface area contributed by atoms with Crippen molar-refractivity contribution in [3.05, 3.63) is 48.2 Å². The van der Waals surface area contributed by atoms with Crippen molar-refractivity contribution in [3.63, 3.8) is 0 Å². The van der Waals surface area contributed by atoms with E-state index in [1.54, 1.807) is 11.1 Å². The molecule has 3 rings (SSSR count). The summed E-state index contributed by atoms with van der Waals surface area (Å²) in [5.74, 6) is 0. The summed E-state index contributed by atoms with van der Waals surface area (Å²) in [6.45, 7) is 2.27. The number of ether oxygens (including phenoxy) is 2. The van der Waals surface area contributed by atoms with Crippen molar-refractivity contribution in [2.24, 2.45) is 0 Å². The van der Waals surface area contributed by atoms with E-state index in [1.165, 1.54) is 0 Å². The molecule has 0 N–H and O–H groups in total. The predicted octanol–water partition coefficient (Wildman–Crippen LogP) is 2.31. The molecule has 0 aliphatic carbocycles. The van der Waals surface area contributed by atoms with Crippen molar-refractivity contribution in [1.82, 2.24) is 4.90 Å². The summed E-state index contributed by atoms with van der Waals surface area (Å²) in [4.78, 5) is 13.5. The van der Waals surface area contributed by atoms with Crippen molar-refractivity contribution >= 4 is 6.09 Å². The Hall–Kier alpha value is -1.81. The van der Waals surface area contributed by atoms with Gasteiger partial charge in [0.2, 0.25) is 0 Å². The van der Waals surface area contributed by atoms with E-state index in [0.29, 0.717) is 6.61 Å². The Labute approximate surface area is 106 Å². The van der Waals surface area contributed by atoms with Gasteiger partial charge in [-0.05, 0) is 18.6 Å². The molecule has 2 aliphatic rings. The first kappa shape index (κ1) is 11.3. The van der Waals surface area contributed by atoms with E-state index in [0.717, 1.165) is 5.56 Å². The fraction of sp³-hybridized carbons (Fsp3) is 0.357. The van der Waals surface area contributed by atoms with Crippen LogP contribution in [0, 0.1) is 0 Å². The van der Waals surface area contributed by atoms with Crippen LogP contribution in [0.5, 0.6) is 0 Å². The Morgan fingerprint density at radius 2 is 2.17 bits per heavy atom. The van der Waals surface area contributed by atoms with Crippen LogP contribution in [-0.2, 0) is 16.1 Å². The third kappa shape index (κ3) is 2.11. The summed E-state index contributed by atoms with van der Waals surface area (Å²) in [7, 11) is 0. The van der Waals surface area contributed by atoms with E-state index in [-0.39, 0.29) is 24.3 Å². The molecule has 4 heteroatoms. The van der Waals surface area contributed by atoms with Crippen LogP contribution in [0.15, 0.2) is 42.6 Å². The van der Waals surface area contributed by atoms with Crippen molar-refractivity contribution < 1.29 is 14.3 Å². The monoisotopic (exact) mass is 245 g/mol. The largest absolute Gasteiger partial charge is 0.444 e. The Kier molecular flexibility index (Phi) is 2.80. The highest BCUT2D eigenvalue weighted by atomic mass is 16.6. The van der Waals surface area contributed by atoms with E-state index in [1.807, 2.05) is 43.3 Å². The molecule has 2 aliphatic heterocycles. The van der Waals surface area contributed by atoms with Gasteiger partial charge in [0.25, 0.3) is 0 Å². The second-order valence-electron chi connectivity index (χ2n) is 4.59. The summed E-state index contributed by atoms with van der Waals surface area (Å²) in [6.07, 6.45) is 3.66. The molecule has 1 fully saturated rings. The molecule has 0 saturated carbocycles. The molecule has 0 bridgehead atoms. The molecule has 2 heterocycles. The van der Waals surface area contributed by atoms with Gasteiger partial charge in [-0.25, -0.2) is 4.79 Å². The third-order valence-corrected chi connectivity index (χ3v) is 3.33. The molecule has 3 atom stereocenters. The van der Waals surface area contributed by atoms with Crippen LogP contribution < -0.4 is 0 Å². The second-order valence-corrected chi connectivity index (χ2v) is 4.59. The number of nitrogens with zero attached hydrogens (tertiary/aromatic N) is 1. The molecule has 94 valence electrons. The normalized spacial score (nSPS) is 28.7. The summed E-state index contributed by atoms with van der Waals surface area (Å²) in [6, 6.07) is 9.70. The lowest BCUT2D eigenvalue weighted by molar-refractivity contribution is 0.0958. The van der Waals surface area contributed by atoms with Gasteiger partial charge in [-0.15, -0.1) is 0 Å². The molecule has 1 saturated heterocycles. The van der Waals surface area contributed by atoms with Crippen LogP contribution in [0.25, 0.3) is 0 Å². The topological polar surface area (TPSA) is 42.1 Å². The van der Waals surface area contributed by atoms with E-state index < -0.39 is 0 Å². The van der Waals surface area contributed by atoms with Crippen molar-refractivity contribution in [2.45, 2.75) is 31.8 Å². The SMILES string of the molecule is C[C@@H]1[C@H]2O[C@H]2C=CN1C(=O)OCc1ccccc1. The highest BCUT2D eigenvalue weighted by molar-refractivity contribution is 5.70. The Morgan fingerprint density at radius 1 is 1.39 bits per heavy atom. The highest BCUT2D eigenvalue weighted by Gasteiger charge is 2.47. The summed E-state index contributed by atoms with van der Waals surface area (Å²) < 4.78 is 10.7. The maximum atomic E-state index is 11.9. The molecule has 18 heavy (non-hydrogen) atoms. The fourth-order valence-corrected chi connectivity index (χ4v) is 2.17. The van der Waals surface area contributed by atoms with Gasteiger partial charge in [-0.2, -0.15) is 0 Å². The van der Waals surface area contributed by atoms with Crippen molar-refractivity contribution in [3.8, 4) is 0 Å². The van der Waals surface area contributed by atoms with Gasteiger partial charge in [0, 0.05) is 6.20 Å². The van der Waals surface area contributed by atoms with Crippen LogP contribution in [0.4, 0.5) is 4.79 Å². The standard InChI is InChI=1S/C14H15NO3/c1-10-13-12(18-13)7-8-15(10)14(16)17-9-11-5-3-2-4-6-11/h2-8,10,12-13H,9H2,1H3/t10-,12+,13-/m1/s1. The summed E-state index contributed by atoms with van der Waals surface area (Å²) in [5, 5.41) is 0. The third-order valence-electron chi connectivity index (χ3n) is 3.33. The number of benzene rings is 1. The second kappa shape index (κ2) is 4.46. The maximum absolute atomic E-state index is 11.9. The zero-order valence-corrected chi connectivity index (χ0v) is 10.2. The molecule has 1 aromatic rings. The van der Waals surface area contributed by atoms with Gasteiger partial charge < -0.3 is 9.47 Å². The molecule has 0 unspecified atom stereocenters. The number of epoxide rings is 1. The van der Waals surface area contributed by atoms with E-state index in [9.17, 15) is 4.79 Å². The van der Waals surface area contributed by atoms with Crippen molar-refractivity contribution in [1.29, 1.82) is 0 Å². The lowest BCUT2D eigenvalue weighted by Gasteiger charge is -2.25. The quantitative estimate of drug-likeness (QED) is 0.751. The molecule has 0 spiro atoms. The first-order chi connectivity index (χ1) is 8.75. The average Bonchev–Trinajstić information content (AvgIpc) is 3.18. The predicted molar refractivity (Wildman–Crippen MR) is 65.7 cm³/mol. The number of hydrogen-bond donors (Lipinski definition) is 0. The Bertz CT molecular complexity index is 471. The van der Waals surface area contributed by atoms with Crippen LogP contribution in [0.2, 0.25) is 0 Å². The van der Waals surface area contributed by atoms with Crippen LogP contribution in [-0.4, -0.2) is 29.2 Å². The van der Waals surface area contributed by atoms with Crippen LogP contribution in [0.3, 0.4) is 0 Å². The van der Waals surface area contributed by atoms with Gasteiger partial charge in [-0.3, -0.25) is 4.90 Å². The van der Waals surface area contributed by atoms with Gasteiger partial charge in [-0.1, -0.05) is 30.3 Å². The average molecular weight is 245 g/mol. The number of rotatable bonds is 2. The van der Waals surface area contributed by atoms with Crippen LogP contribution >= 0.6 is 0 Å². The first-order valence-electron chi connectivity index (χ1n) is 6.08. The molecule has 0 radical (unpaired) electrons. The van der Waals surface area contributed by atoms with Gasteiger partial charge in [0.05, 0.1) is 6.04 Å². The number of amides is 1. The Morgan fingerprint density at radius 3 is 2.94 bits per heavy atom. The lowest BCUT2D eigenvalue weighted by atomic mass is 10.1. The first-order valence-corrected chi connectivity index (χ1v) is 6.08. The van der Waals surface area contributed by atoms with E-state index in [4.69, 9.17) is 9.47 Å². The lowest BCUT2D eigenvalue weighted by Crippen LogP contribution is -2.40. The molecule has 0 aromatic heterocycles. The Balaban J connectivity index is 1.58. The summed E-state index contributed by atoms with van der Waals surface area (Å²) in [5.41, 5.74) is 0.986. The number of carbonyl (C=O) groups is 1.